The van der Waals surface area contributed by atoms with Crippen molar-refractivity contribution in [2.75, 3.05) is 0 Å². The fraction of sp³-hybridized carbons (Fsp3) is 0.833. The Morgan fingerprint density at radius 3 is 2.16 bits per heavy atom. The Kier molecular flexibility index (Phi) is 6.79. The highest BCUT2D eigenvalue weighted by Gasteiger charge is 2.19. The van der Waals surface area contributed by atoms with Crippen molar-refractivity contribution in [3.63, 3.8) is 0 Å². The van der Waals surface area contributed by atoms with Crippen LogP contribution in [0.1, 0.15) is 57.7 Å². The summed E-state index contributed by atoms with van der Waals surface area (Å²) in [6.07, 6.45) is 9.24. The van der Waals surface area contributed by atoms with Gasteiger partial charge in [-0.3, -0.25) is 0 Å². The first-order valence-electron chi connectivity index (χ1n) is 6.79. The van der Waals surface area contributed by atoms with E-state index in [-0.39, 0.29) is 5.16 Å². The topological polar surface area (TPSA) is 64.8 Å². The molecule has 0 fully saturated rings. The summed E-state index contributed by atoms with van der Waals surface area (Å²) in [7, 11) is 3.09. The Hall–Kier alpha value is -0.620. The molecular weight excluding hydrogens is 286 g/mol. The van der Waals surface area contributed by atoms with Crippen molar-refractivity contribution in [1.82, 2.24) is 14.8 Å². The van der Waals surface area contributed by atoms with Crippen LogP contribution in [0.2, 0.25) is 0 Å². The zero-order valence-corrected chi connectivity index (χ0v) is 13.2. The van der Waals surface area contributed by atoms with E-state index in [0.717, 1.165) is 19.3 Å². The molecule has 19 heavy (non-hydrogen) atoms. The first-order valence-corrected chi connectivity index (χ1v) is 9.10. The Balaban J connectivity index is 2.33. The van der Waals surface area contributed by atoms with E-state index in [1.165, 1.54) is 36.7 Å². The molecule has 0 aliphatic carbocycles. The molecule has 1 heterocycles. The van der Waals surface area contributed by atoms with Gasteiger partial charge in [-0.15, -0.1) is 10.2 Å². The maximum Gasteiger partial charge on any atom is 0.296 e. The van der Waals surface area contributed by atoms with Crippen LogP contribution in [-0.4, -0.2) is 23.2 Å². The van der Waals surface area contributed by atoms with Crippen molar-refractivity contribution in [2.24, 2.45) is 7.05 Å². The highest BCUT2D eigenvalue weighted by atomic mass is 35.7. The lowest BCUT2D eigenvalue weighted by Crippen LogP contribution is -2.05. The smallest absolute Gasteiger partial charge is 0.296 e. The molecule has 1 rings (SSSR count). The van der Waals surface area contributed by atoms with Crippen LogP contribution in [0.3, 0.4) is 0 Å². The number of rotatable bonds is 9. The van der Waals surface area contributed by atoms with Gasteiger partial charge >= 0.3 is 0 Å². The van der Waals surface area contributed by atoms with Gasteiger partial charge in [0.2, 0.25) is 0 Å². The van der Waals surface area contributed by atoms with Gasteiger partial charge < -0.3 is 4.57 Å². The number of aryl methyl sites for hydroxylation is 1. The average Bonchev–Trinajstić information content (AvgIpc) is 2.69. The minimum absolute atomic E-state index is 0.174. The summed E-state index contributed by atoms with van der Waals surface area (Å²) in [6, 6.07) is 0. The largest absolute Gasteiger partial charge is 0.304 e. The molecule has 0 saturated heterocycles. The lowest BCUT2D eigenvalue weighted by Gasteiger charge is -2.02. The van der Waals surface area contributed by atoms with Crippen molar-refractivity contribution < 1.29 is 8.42 Å². The predicted molar refractivity (Wildman–Crippen MR) is 75.7 cm³/mol. The van der Waals surface area contributed by atoms with E-state index in [1.54, 1.807) is 7.05 Å². The summed E-state index contributed by atoms with van der Waals surface area (Å²) >= 11 is 0. The Bertz CT molecular complexity index is 485. The number of hydrogen-bond donors (Lipinski definition) is 0. The average molecular weight is 308 g/mol. The van der Waals surface area contributed by atoms with Crippen LogP contribution in [0.4, 0.5) is 0 Å². The third kappa shape index (κ3) is 5.48. The predicted octanol–water partition coefficient (Wildman–Crippen LogP) is 3.04. The molecule has 0 spiro atoms. The number of aromatic nitrogens is 3. The molecule has 1 aromatic rings. The SMILES string of the molecule is CCCCCCCCCc1nnc(S(=O)(=O)Cl)n1C. The van der Waals surface area contributed by atoms with Gasteiger partial charge in [-0.05, 0) is 6.42 Å². The normalized spacial score (nSPS) is 11.9. The summed E-state index contributed by atoms with van der Waals surface area (Å²) in [5.41, 5.74) is 0. The van der Waals surface area contributed by atoms with Crippen LogP contribution >= 0.6 is 10.7 Å². The van der Waals surface area contributed by atoms with E-state index < -0.39 is 9.05 Å². The fourth-order valence-electron chi connectivity index (χ4n) is 2.02. The number of hydrogen-bond acceptors (Lipinski definition) is 4. The van der Waals surface area contributed by atoms with Gasteiger partial charge in [-0.25, -0.2) is 8.42 Å². The maximum atomic E-state index is 11.2. The summed E-state index contributed by atoms with van der Waals surface area (Å²) in [6.45, 7) is 2.20. The quantitative estimate of drug-likeness (QED) is 0.519. The lowest BCUT2D eigenvalue weighted by molar-refractivity contribution is 0.573. The maximum absolute atomic E-state index is 11.2. The van der Waals surface area contributed by atoms with Crippen molar-refractivity contribution >= 4 is 19.7 Å². The summed E-state index contributed by atoms with van der Waals surface area (Å²) in [5.74, 6) is 0.674. The van der Waals surface area contributed by atoms with Gasteiger partial charge in [0, 0.05) is 24.2 Å². The second kappa shape index (κ2) is 7.85. The lowest BCUT2D eigenvalue weighted by atomic mass is 10.1. The van der Waals surface area contributed by atoms with E-state index >= 15 is 0 Å². The molecule has 7 heteroatoms. The molecule has 1 aromatic heterocycles. The molecule has 0 aliphatic rings. The minimum Gasteiger partial charge on any atom is -0.304 e. The monoisotopic (exact) mass is 307 g/mol. The van der Waals surface area contributed by atoms with E-state index in [2.05, 4.69) is 17.1 Å². The van der Waals surface area contributed by atoms with Crippen LogP contribution in [-0.2, 0) is 22.5 Å². The molecule has 0 amide bonds. The first-order chi connectivity index (χ1) is 8.96. The minimum atomic E-state index is -3.80. The molecule has 0 aliphatic heterocycles. The highest BCUT2D eigenvalue weighted by molar-refractivity contribution is 8.13. The van der Waals surface area contributed by atoms with E-state index in [4.69, 9.17) is 10.7 Å². The standard InChI is InChI=1S/C12H22ClN3O2S/c1-3-4-5-6-7-8-9-10-11-14-15-12(16(11)2)19(13,17)18/h3-10H2,1-2H3. The van der Waals surface area contributed by atoms with Gasteiger partial charge in [0.1, 0.15) is 5.82 Å². The van der Waals surface area contributed by atoms with Crippen LogP contribution in [0.5, 0.6) is 0 Å². The molecule has 5 nitrogen and oxygen atoms in total. The molecule has 0 saturated carbocycles. The van der Waals surface area contributed by atoms with Crippen molar-refractivity contribution in [2.45, 2.75) is 63.4 Å². The number of unbranched alkanes of at least 4 members (excludes halogenated alkanes) is 6. The summed E-state index contributed by atoms with van der Waals surface area (Å²) < 4.78 is 23.8. The third-order valence-corrected chi connectivity index (χ3v) is 4.35. The molecule has 0 aromatic carbocycles. The van der Waals surface area contributed by atoms with Crippen molar-refractivity contribution in [1.29, 1.82) is 0 Å². The molecule has 0 atom stereocenters. The van der Waals surface area contributed by atoms with Crippen LogP contribution in [0, 0.1) is 0 Å². The highest BCUT2D eigenvalue weighted by Crippen LogP contribution is 2.14. The van der Waals surface area contributed by atoms with Gasteiger partial charge in [-0.2, -0.15) is 0 Å². The molecule has 0 unspecified atom stereocenters. The summed E-state index contributed by atoms with van der Waals surface area (Å²) in [4.78, 5) is 0. The van der Waals surface area contributed by atoms with E-state index in [9.17, 15) is 8.42 Å². The Labute approximate surface area is 119 Å². The molecule has 0 bridgehead atoms. The Morgan fingerprint density at radius 2 is 1.63 bits per heavy atom. The fourth-order valence-corrected chi connectivity index (χ4v) is 2.99. The van der Waals surface area contributed by atoms with Gasteiger partial charge in [-0.1, -0.05) is 45.4 Å². The van der Waals surface area contributed by atoms with Gasteiger partial charge in [0.15, 0.2) is 0 Å². The zero-order chi connectivity index (χ0) is 14.3. The van der Waals surface area contributed by atoms with Gasteiger partial charge in [0.25, 0.3) is 14.2 Å². The second-order valence-corrected chi connectivity index (χ2v) is 7.23. The third-order valence-electron chi connectivity index (χ3n) is 3.15. The summed E-state index contributed by atoms with van der Waals surface area (Å²) in [5, 5.41) is 7.32. The molecular formula is C12H22ClN3O2S. The first kappa shape index (κ1) is 16.4. The Morgan fingerprint density at radius 1 is 1.05 bits per heavy atom. The molecule has 0 N–H and O–H groups in total. The number of nitrogens with zero attached hydrogens (tertiary/aromatic N) is 3. The second-order valence-electron chi connectivity index (χ2n) is 4.77. The van der Waals surface area contributed by atoms with E-state index in [1.807, 2.05) is 0 Å². The van der Waals surface area contributed by atoms with Crippen LogP contribution < -0.4 is 0 Å². The van der Waals surface area contributed by atoms with E-state index in [0.29, 0.717) is 5.82 Å². The number of halogens is 1. The van der Waals surface area contributed by atoms with Crippen molar-refractivity contribution in [3.8, 4) is 0 Å². The van der Waals surface area contributed by atoms with Gasteiger partial charge in [0.05, 0.1) is 0 Å². The van der Waals surface area contributed by atoms with Crippen LogP contribution in [0.25, 0.3) is 0 Å². The molecule has 0 radical (unpaired) electrons. The van der Waals surface area contributed by atoms with Crippen LogP contribution in [0.15, 0.2) is 5.16 Å². The molecule has 110 valence electrons. The van der Waals surface area contributed by atoms with Crippen molar-refractivity contribution in [3.05, 3.63) is 5.82 Å². The zero-order valence-electron chi connectivity index (χ0n) is 11.6.